The van der Waals surface area contributed by atoms with E-state index in [0.717, 1.165) is 22.3 Å². The van der Waals surface area contributed by atoms with E-state index >= 15 is 0 Å². The Kier molecular flexibility index (Phi) is 13.9. The van der Waals surface area contributed by atoms with E-state index in [0.29, 0.717) is 30.6 Å². The number of morpholine rings is 1. The van der Waals surface area contributed by atoms with Crippen molar-refractivity contribution in [1.82, 2.24) is 10.2 Å². The van der Waals surface area contributed by atoms with Gasteiger partial charge in [-0.25, -0.2) is 4.39 Å². The van der Waals surface area contributed by atoms with E-state index < -0.39 is 31.2 Å². The molecule has 4 aromatic carbocycles. The van der Waals surface area contributed by atoms with E-state index in [-0.39, 0.29) is 37.2 Å². The van der Waals surface area contributed by atoms with E-state index in [4.69, 9.17) is 14.2 Å². The normalized spacial score (nSPS) is 19.5. The fourth-order valence-corrected chi connectivity index (χ4v) is 6.71. The standard InChI is InChI=1S/C40H46BrF3N2O3/c1-29-39(49-28-40(2,26-42)27-43)48-25-36(45-29)38(47-24-32-16-10-5-11-17-32)37(20-33-18-34(41)21-35(44)19-33)46(22-30-12-6-3-7-13-30)23-31-14-8-4-9-15-31/h3-19,21,29,36-39,45H,20,22-28H2,1-2H3/t29-,36+,37-,38-,39-/m0/s1. The summed E-state index contributed by atoms with van der Waals surface area (Å²) in [5, 5.41) is 3.67. The van der Waals surface area contributed by atoms with Crippen molar-refractivity contribution in [3.05, 3.63) is 142 Å². The number of hydrogen-bond acceptors (Lipinski definition) is 5. The molecule has 0 aliphatic carbocycles. The van der Waals surface area contributed by atoms with Crippen molar-refractivity contribution in [3.8, 4) is 0 Å². The Morgan fingerprint density at radius 1 is 0.857 bits per heavy atom. The average Bonchev–Trinajstić information content (AvgIpc) is 3.11. The Balaban J connectivity index is 1.51. The largest absolute Gasteiger partial charge is 0.370 e. The highest BCUT2D eigenvalue weighted by Gasteiger charge is 2.40. The molecule has 1 aliphatic heterocycles. The summed E-state index contributed by atoms with van der Waals surface area (Å²) < 4.78 is 61.8. The van der Waals surface area contributed by atoms with E-state index in [1.807, 2.05) is 79.7 Å². The molecule has 1 saturated heterocycles. The third-order valence-corrected chi connectivity index (χ3v) is 9.38. The molecule has 5 rings (SSSR count). The molecule has 4 aromatic rings. The van der Waals surface area contributed by atoms with Gasteiger partial charge in [-0.05, 0) is 53.8 Å². The maximum atomic E-state index is 14.8. The second-order valence-corrected chi connectivity index (χ2v) is 14.3. The number of halogens is 4. The van der Waals surface area contributed by atoms with Crippen LogP contribution < -0.4 is 5.32 Å². The average molecular weight is 740 g/mol. The molecule has 1 heterocycles. The third kappa shape index (κ3) is 11.0. The molecule has 1 fully saturated rings. The Bertz CT molecular complexity index is 1490. The minimum atomic E-state index is -1.22. The van der Waals surface area contributed by atoms with Crippen molar-refractivity contribution in [2.45, 2.75) is 70.5 Å². The minimum absolute atomic E-state index is 0.103. The van der Waals surface area contributed by atoms with Crippen LogP contribution in [0, 0.1) is 11.2 Å². The van der Waals surface area contributed by atoms with Gasteiger partial charge in [0.2, 0.25) is 0 Å². The van der Waals surface area contributed by atoms with Crippen molar-refractivity contribution < 1.29 is 27.4 Å². The summed E-state index contributed by atoms with van der Waals surface area (Å²) in [5.74, 6) is -0.316. The summed E-state index contributed by atoms with van der Waals surface area (Å²) in [6.07, 6.45) is -0.626. The molecule has 0 spiro atoms. The van der Waals surface area contributed by atoms with Crippen molar-refractivity contribution >= 4 is 15.9 Å². The molecule has 5 nitrogen and oxygen atoms in total. The van der Waals surface area contributed by atoms with Crippen LogP contribution in [0.1, 0.15) is 36.1 Å². The molecule has 5 atom stereocenters. The summed E-state index contributed by atoms with van der Waals surface area (Å²) in [7, 11) is 0. The molecule has 0 aromatic heterocycles. The van der Waals surface area contributed by atoms with Gasteiger partial charge in [0.15, 0.2) is 6.29 Å². The Morgan fingerprint density at radius 3 is 1.96 bits per heavy atom. The molecule has 1 aliphatic rings. The summed E-state index contributed by atoms with van der Waals surface area (Å²) in [5.41, 5.74) is 2.92. The summed E-state index contributed by atoms with van der Waals surface area (Å²) >= 11 is 3.50. The highest BCUT2D eigenvalue weighted by atomic mass is 79.9. The maximum absolute atomic E-state index is 14.8. The van der Waals surface area contributed by atoms with Gasteiger partial charge >= 0.3 is 0 Å². The minimum Gasteiger partial charge on any atom is -0.370 e. The second kappa shape index (κ2) is 18.3. The van der Waals surface area contributed by atoms with Gasteiger partial charge in [0, 0.05) is 29.0 Å². The molecule has 0 amide bonds. The van der Waals surface area contributed by atoms with Crippen molar-refractivity contribution in [2.24, 2.45) is 5.41 Å². The fraction of sp³-hybridized carbons (Fsp3) is 0.400. The van der Waals surface area contributed by atoms with Crippen molar-refractivity contribution in [1.29, 1.82) is 0 Å². The Labute approximate surface area is 296 Å². The van der Waals surface area contributed by atoms with Gasteiger partial charge in [0.1, 0.15) is 5.82 Å². The van der Waals surface area contributed by atoms with E-state index in [1.165, 1.54) is 13.0 Å². The van der Waals surface area contributed by atoms with Gasteiger partial charge in [-0.3, -0.25) is 13.7 Å². The predicted octanol–water partition coefficient (Wildman–Crippen LogP) is 8.45. The lowest BCUT2D eigenvalue weighted by atomic mass is 9.92. The number of nitrogens with zero attached hydrogens (tertiary/aromatic N) is 1. The van der Waals surface area contributed by atoms with Gasteiger partial charge in [-0.15, -0.1) is 0 Å². The molecule has 0 saturated carbocycles. The van der Waals surface area contributed by atoms with Crippen molar-refractivity contribution in [3.63, 3.8) is 0 Å². The van der Waals surface area contributed by atoms with Crippen LogP contribution >= 0.6 is 15.9 Å². The Hall–Kier alpha value is -3.05. The molecule has 0 unspecified atom stereocenters. The molecular weight excluding hydrogens is 693 g/mol. The number of benzene rings is 4. The molecule has 0 radical (unpaired) electrons. The predicted molar refractivity (Wildman–Crippen MR) is 191 cm³/mol. The lowest BCUT2D eigenvalue weighted by Gasteiger charge is -2.45. The van der Waals surface area contributed by atoms with Gasteiger partial charge < -0.3 is 19.5 Å². The van der Waals surface area contributed by atoms with Crippen LogP contribution in [0.5, 0.6) is 0 Å². The smallest absolute Gasteiger partial charge is 0.172 e. The molecule has 49 heavy (non-hydrogen) atoms. The first-order chi connectivity index (χ1) is 23.7. The topological polar surface area (TPSA) is 43.0 Å². The Morgan fingerprint density at radius 2 is 1.43 bits per heavy atom. The molecule has 0 bridgehead atoms. The summed E-state index contributed by atoms with van der Waals surface area (Å²) in [6, 6.07) is 34.8. The highest BCUT2D eigenvalue weighted by Crippen LogP contribution is 2.28. The summed E-state index contributed by atoms with van der Waals surface area (Å²) in [6.45, 7) is 3.56. The van der Waals surface area contributed by atoms with E-state index in [1.54, 1.807) is 6.07 Å². The second-order valence-electron chi connectivity index (χ2n) is 13.3. The number of rotatable bonds is 17. The monoisotopic (exact) mass is 738 g/mol. The molecule has 9 heteroatoms. The zero-order valence-electron chi connectivity index (χ0n) is 28.1. The lowest BCUT2D eigenvalue weighted by molar-refractivity contribution is -0.210. The van der Waals surface area contributed by atoms with Gasteiger partial charge in [0.25, 0.3) is 0 Å². The maximum Gasteiger partial charge on any atom is 0.172 e. The zero-order valence-corrected chi connectivity index (χ0v) is 29.7. The van der Waals surface area contributed by atoms with Crippen LogP contribution in [0.4, 0.5) is 13.2 Å². The molecule has 1 N–H and O–H groups in total. The fourth-order valence-electron chi connectivity index (χ4n) is 6.20. The van der Waals surface area contributed by atoms with Gasteiger partial charge in [-0.1, -0.05) is 114 Å². The van der Waals surface area contributed by atoms with Crippen molar-refractivity contribution in [2.75, 3.05) is 26.6 Å². The van der Waals surface area contributed by atoms with Crippen LogP contribution in [0.25, 0.3) is 0 Å². The highest BCUT2D eigenvalue weighted by molar-refractivity contribution is 9.10. The quantitative estimate of drug-likeness (QED) is 0.118. The molecule has 262 valence electrons. The van der Waals surface area contributed by atoms with Crippen LogP contribution in [0.15, 0.2) is 114 Å². The zero-order chi connectivity index (χ0) is 34.6. The van der Waals surface area contributed by atoms with Crippen LogP contribution in [0.2, 0.25) is 0 Å². The van der Waals surface area contributed by atoms with E-state index in [2.05, 4.69) is 50.4 Å². The number of ether oxygens (including phenoxy) is 3. The number of hydrogen-bond donors (Lipinski definition) is 1. The SMILES string of the molecule is C[C@@H]1N[C@@H]([C@H](OCc2ccccc2)[C@H](Cc2cc(F)cc(Br)c2)N(Cc2ccccc2)Cc2ccccc2)CO[C@H]1OCC(C)(CF)CF. The van der Waals surface area contributed by atoms with Crippen LogP contribution in [0.3, 0.4) is 0 Å². The van der Waals surface area contributed by atoms with Gasteiger partial charge in [-0.2, -0.15) is 0 Å². The van der Waals surface area contributed by atoms with Crippen LogP contribution in [-0.2, 0) is 40.3 Å². The number of alkyl halides is 2. The first-order valence-corrected chi connectivity index (χ1v) is 17.6. The molecular formula is C40H46BrF3N2O3. The van der Waals surface area contributed by atoms with E-state index in [9.17, 15) is 13.2 Å². The first-order valence-electron chi connectivity index (χ1n) is 16.8. The van der Waals surface area contributed by atoms with Crippen LogP contribution in [-0.4, -0.2) is 62.0 Å². The summed E-state index contributed by atoms with van der Waals surface area (Å²) in [4.78, 5) is 2.40. The number of nitrogens with one attached hydrogen (secondary N) is 1. The third-order valence-electron chi connectivity index (χ3n) is 8.92. The first kappa shape index (κ1) is 37.2. The lowest BCUT2D eigenvalue weighted by Crippen LogP contribution is -2.63. The van der Waals surface area contributed by atoms with Gasteiger partial charge in [0.05, 0.1) is 51.4 Å².